The first-order valence-corrected chi connectivity index (χ1v) is 9.01. The Hall–Kier alpha value is -3.02. The third-order valence-corrected chi connectivity index (χ3v) is 3.65. The lowest BCUT2D eigenvalue weighted by atomic mass is 10.2. The summed E-state index contributed by atoms with van der Waals surface area (Å²) in [6, 6.07) is 13.6. The minimum absolute atomic E-state index is 0.361. The van der Waals surface area contributed by atoms with Gasteiger partial charge in [0.1, 0.15) is 11.5 Å². The molecule has 1 N–H and O–H groups in total. The maximum atomic E-state index is 12.2. The number of carbonyl (C=O) groups is 2. The molecule has 0 bridgehead atoms. The maximum absolute atomic E-state index is 12.2. The number of hydrogen-bond donors (Lipinski definition) is 1. The van der Waals surface area contributed by atoms with E-state index < -0.39 is 18.0 Å². The monoisotopic (exact) mass is 371 g/mol. The highest BCUT2D eigenvalue weighted by Crippen LogP contribution is 2.17. The highest BCUT2D eigenvalue weighted by Gasteiger charge is 2.19. The Bertz CT molecular complexity index is 740. The number of rotatable bonds is 9. The van der Waals surface area contributed by atoms with Gasteiger partial charge in [-0.25, -0.2) is 4.79 Å². The fourth-order valence-corrected chi connectivity index (χ4v) is 2.23. The van der Waals surface area contributed by atoms with Gasteiger partial charge in [-0.1, -0.05) is 6.92 Å². The molecule has 0 saturated heterocycles. The molecule has 2 aromatic carbocycles. The molecule has 6 nitrogen and oxygen atoms in total. The van der Waals surface area contributed by atoms with Crippen molar-refractivity contribution in [3.05, 3.63) is 54.1 Å². The number of anilines is 1. The molecule has 0 unspecified atom stereocenters. The van der Waals surface area contributed by atoms with Gasteiger partial charge in [0, 0.05) is 5.69 Å². The second-order valence-electron chi connectivity index (χ2n) is 5.87. The fourth-order valence-electron chi connectivity index (χ4n) is 2.23. The fraction of sp³-hybridized carbons (Fsp3) is 0.333. The largest absolute Gasteiger partial charge is 0.494 e. The van der Waals surface area contributed by atoms with Crippen LogP contribution in [0.15, 0.2) is 48.5 Å². The van der Waals surface area contributed by atoms with Gasteiger partial charge < -0.3 is 19.5 Å². The number of amides is 1. The molecule has 0 aliphatic heterocycles. The van der Waals surface area contributed by atoms with E-state index in [1.54, 1.807) is 48.5 Å². The van der Waals surface area contributed by atoms with E-state index in [1.807, 2.05) is 13.8 Å². The van der Waals surface area contributed by atoms with E-state index in [1.165, 1.54) is 6.92 Å². The van der Waals surface area contributed by atoms with E-state index in [2.05, 4.69) is 5.32 Å². The second kappa shape index (κ2) is 10.2. The van der Waals surface area contributed by atoms with Crippen LogP contribution in [0.1, 0.15) is 37.6 Å². The molecule has 0 aliphatic rings. The Morgan fingerprint density at radius 3 is 2.11 bits per heavy atom. The van der Waals surface area contributed by atoms with Gasteiger partial charge in [0.25, 0.3) is 5.91 Å². The Balaban J connectivity index is 1.88. The molecule has 6 heteroatoms. The van der Waals surface area contributed by atoms with E-state index in [0.29, 0.717) is 30.2 Å². The molecule has 0 aromatic heterocycles. The van der Waals surface area contributed by atoms with Crippen LogP contribution in [0.2, 0.25) is 0 Å². The zero-order chi connectivity index (χ0) is 19.6. The third kappa shape index (κ3) is 6.33. The lowest BCUT2D eigenvalue weighted by Crippen LogP contribution is -2.30. The van der Waals surface area contributed by atoms with Crippen LogP contribution in [-0.2, 0) is 9.53 Å². The molecule has 1 atom stereocenters. The number of nitrogens with one attached hydrogen (secondary N) is 1. The molecule has 2 aromatic rings. The molecule has 0 heterocycles. The Morgan fingerprint density at radius 2 is 1.52 bits per heavy atom. The number of ether oxygens (including phenoxy) is 3. The summed E-state index contributed by atoms with van der Waals surface area (Å²) in [6.45, 7) is 6.64. The summed E-state index contributed by atoms with van der Waals surface area (Å²) in [5.41, 5.74) is 0.961. The van der Waals surface area contributed by atoms with Crippen molar-refractivity contribution in [2.75, 3.05) is 18.5 Å². The quantitative estimate of drug-likeness (QED) is 0.673. The average Bonchev–Trinajstić information content (AvgIpc) is 2.68. The smallest absolute Gasteiger partial charge is 0.338 e. The SMILES string of the molecule is CCCOc1ccc(C(=O)O[C@H](C)C(=O)Nc2ccc(OCC)cc2)cc1. The van der Waals surface area contributed by atoms with Gasteiger partial charge in [-0.2, -0.15) is 0 Å². The van der Waals surface area contributed by atoms with Crippen LogP contribution in [0.3, 0.4) is 0 Å². The van der Waals surface area contributed by atoms with Crippen molar-refractivity contribution in [2.24, 2.45) is 0 Å². The lowest BCUT2D eigenvalue weighted by molar-refractivity contribution is -0.123. The number of carbonyl (C=O) groups excluding carboxylic acids is 2. The first-order valence-electron chi connectivity index (χ1n) is 9.01. The van der Waals surface area contributed by atoms with Gasteiger partial charge in [0.05, 0.1) is 18.8 Å². The molecule has 27 heavy (non-hydrogen) atoms. The minimum atomic E-state index is -0.930. The van der Waals surface area contributed by atoms with Crippen LogP contribution in [0.25, 0.3) is 0 Å². The highest BCUT2D eigenvalue weighted by atomic mass is 16.5. The van der Waals surface area contributed by atoms with Crippen molar-refractivity contribution in [2.45, 2.75) is 33.3 Å². The van der Waals surface area contributed by atoms with Gasteiger partial charge in [-0.05, 0) is 68.8 Å². The number of benzene rings is 2. The summed E-state index contributed by atoms with van der Waals surface area (Å²) in [7, 11) is 0. The first kappa shape index (κ1) is 20.3. The lowest BCUT2D eigenvalue weighted by Gasteiger charge is -2.14. The topological polar surface area (TPSA) is 73.9 Å². The van der Waals surface area contributed by atoms with Crippen LogP contribution in [-0.4, -0.2) is 31.2 Å². The number of hydrogen-bond acceptors (Lipinski definition) is 5. The van der Waals surface area contributed by atoms with Crippen LogP contribution in [0.4, 0.5) is 5.69 Å². The summed E-state index contributed by atoms with van der Waals surface area (Å²) in [5, 5.41) is 2.71. The molecule has 0 saturated carbocycles. The Labute approximate surface area is 159 Å². The van der Waals surface area contributed by atoms with E-state index >= 15 is 0 Å². The predicted octanol–water partition coefficient (Wildman–Crippen LogP) is 4.06. The van der Waals surface area contributed by atoms with Gasteiger partial charge in [0.15, 0.2) is 6.10 Å². The molecule has 144 valence electrons. The molecule has 2 rings (SSSR count). The van der Waals surface area contributed by atoms with Gasteiger partial charge in [-0.3, -0.25) is 4.79 Å². The molecular weight excluding hydrogens is 346 g/mol. The summed E-state index contributed by atoms with van der Waals surface area (Å²) in [6.07, 6.45) is -0.0230. The predicted molar refractivity (Wildman–Crippen MR) is 103 cm³/mol. The van der Waals surface area contributed by atoms with Crippen molar-refractivity contribution in [1.82, 2.24) is 0 Å². The van der Waals surface area contributed by atoms with Crippen molar-refractivity contribution in [1.29, 1.82) is 0 Å². The molecule has 0 aliphatic carbocycles. The van der Waals surface area contributed by atoms with Gasteiger partial charge in [-0.15, -0.1) is 0 Å². The molecular formula is C21H25NO5. The van der Waals surface area contributed by atoms with Crippen molar-refractivity contribution in [3.8, 4) is 11.5 Å². The maximum Gasteiger partial charge on any atom is 0.338 e. The summed E-state index contributed by atoms with van der Waals surface area (Å²) < 4.78 is 16.1. The Morgan fingerprint density at radius 1 is 0.926 bits per heavy atom. The molecule has 0 radical (unpaired) electrons. The normalized spacial score (nSPS) is 11.4. The first-order chi connectivity index (χ1) is 13.0. The molecule has 0 spiro atoms. The van der Waals surface area contributed by atoms with E-state index in [0.717, 1.165) is 12.2 Å². The van der Waals surface area contributed by atoms with Crippen LogP contribution in [0.5, 0.6) is 11.5 Å². The zero-order valence-corrected chi connectivity index (χ0v) is 15.9. The van der Waals surface area contributed by atoms with Crippen LogP contribution >= 0.6 is 0 Å². The Kier molecular flexibility index (Phi) is 7.67. The van der Waals surface area contributed by atoms with Crippen molar-refractivity contribution in [3.63, 3.8) is 0 Å². The van der Waals surface area contributed by atoms with Gasteiger partial charge >= 0.3 is 5.97 Å². The van der Waals surface area contributed by atoms with E-state index in [9.17, 15) is 9.59 Å². The average molecular weight is 371 g/mol. The molecule has 1 amide bonds. The van der Waals surface area contributed by atoms with Crippen LogP contribution in [0, 0.1) is 0 Å². The third-order valence-electron chi connectivity index (χ3n) is 3.65. The molecule has 0 fully saturated rings. The second-order valence-corrected chi connectivity index (χ2v) is 5.87. The highest BCUT2D eigenvalue weighted by molar-refractivity contribution is 5.97. The van der Waals surface area contributed by atoms with Crippen LogP contribution < -0.4 is 14.8 Å². The van der Waals surface area contributed by atoms with Crippen molar-refractivity contribution < 1.29 is 23.8 Å². The minimum Gasteiger partial charge on any atom is -0.494 e. The summed E-state index contributed by atoms with van der Waals surface area (Å²) >= 11 is 0. The summed E-state index contributed by atoms with van der Waals surface area (Å²) in [5.74, 6) is 0.442. The van der Waals surface area contributed by atoms with Gasteiger partial charge in [0.2, 0.25) is 0 Å². The van der Waals surface area contributed by atoms with E-state index in [4.69, 9.17) is 14.2 Å². The number of esters is 1. The zero-order valence-electron chi connectivity index (χ0n) is 15.9. The van der Waals surface area contributed by atoms with Crippen molar-refractivity contribution >= 4 is 17.6 Å². The summed E-state index contributed by atoms with van der Waals surface area (Å²) in [4.78, 5) is 24.4. The standard InChI is InChI=1S/C21H25NO5/c1-4-14-26-19-10-6-16(7-11-19)21(24)27-15(3)20(23)22-17-8-12-18(13-9-17)25-5-2/h6-13,15H,4-5,14H2,1-3H3,(H,22,23)/t15-/m1/s1. The van der Waals surface area contributed by atoms with E-state index in [-0.39, 0.29) is 0 Å².